The fourth-order valence-electron chi connectivity index (χ4n) is 4.55. The van der Waals surface area contributed by atoms with E-state index in [4.69, 9.17) is 18.9 Å². The molecule has 5 aromatic rings. The number of carbonyl (C=O) groups excluding carboxylic acids is 1. The second kappa shape index (κ2) is 8.39. The zero-order valence-corrected chi connectivity index (χ0v) is 20.2. The molecule has 1 N–H and O–H groups in total. The molecule has 1 unspecified atom stereocenters. The number of phenols is 1. The first-order chi connectivity index (χ1) is 17.5. The summed E-state index contributed by atoms with van der Waals surface area (Å²) >= 11 is 1.32. The van der Waals surface area contributed by atoms with Crippen molar-refractivity contribution in [2.75, 3.05) is 18.6 Å². The van der Waals surface area contributed by atoms with Crippen LogP contribution < -0.4 is 19.8 Å². The highest BCUT2D eigenvalue weighted by Crippen LogP contribution is 2.45. The van der Waals surface area contributed by atoms with Gasteiger partial charge in [-0.05, 0) is 55.0 Å². The van der Waals surface area contributed by atoms with Gasteiger partial charge in [-0.3, -0.25) is 14.5 Å². The van der Waals surface area contributed by atoms with Crippen LogP contribution in [-0.4, -0.2) is 29.7 Å². The second-order valence-corrected chi connectivity index (χ2v) is 9.25. The maximum Gasteiger partial charge on any atom is 0.297 e. The summed E-state index contributed by atoms with van der Waals surface area (Å²) in [6, 6.07) is 16.3. The summed E-state index contributed by atoms with van der Waals surface area (Å²) in [5.74, 6) is 0.397. The number of methoxy groups -OCH3 is 1. The van der Waals surface area contributed by atoms with Crippen LogP contribution in [0.5, 0.6) is 17.2 Å². The lowest BCUT2D eigenvalue weighted by Crippen LogP contribution is -2.29. The van der Waals surface area contributed by atoms with Gasteiger partial charge < -0.3 is 19.0 Å². The highest BCUT2D eigenvalue weighted by atomic mass is 32.1. The number of amides is 1. The minimum absolute atomic E-state index is 0.0231. The normalized spacial score (nSPS) is 15.0. The molecule has 0 spiro atoms. The molecule has 1 atom stereocenters. The Labute approximate surface area is 208 Å². The van der Waals surface area contributed by atoms with Gasteiger partial charge in [-0.15, -0.1) is 0 Å². The van der Waals surface area contributed by atoms with Crippen molar-refractivity contribution in [3.8, 4) is 17.2 Å². The van der Waals surface area contributed by atoms with E-state index in [9.17, 15) is 14.7 Å². The number of nitrogens with zero attached hydrogens (tertiary/aromatic N) is 2. The molecule has 3 heterocycles. The first kappa shape index (κ1) is 22.1. The van der Waals surface area contributed by atoms with Gasteiger partial charge >= 0.3 is 0 Å². The van der Waals surface area contributed by atoms with E-state index in [0.717, 1.165) is 4.70 Å². The Hall–Kier alpha value is -4.37. The van der Waals surface area contributed by atoms with E-state index in [-0.39, 0.29) is 28.3 Å². The van der Waals surface area contributed by atoms with Crippen LogP contribution in [0.15, 0.2) is 69.9 Å². The molecule has 0 saturated heterocycles. The van der Waals surface area contributed by atoms with Crippen molar-refractivity contribution in [3.63, 3.8) is 0 Å². The number of anilines is 1. The van der Waals surface area contributed by atoms with Crippen LogP contribution in [0.2, 0.25) is 0 Å². The van der Waals surface area contributed by atoms with Gasteiger partial charge in [-0.2, -0.15) is 0 Å². The van der Waals surface area contributed by atoms with Gasteiger partial charge in [0.05, 0.1) is 40.9 Å². The number of carbonyl (C=O) groups is 1. The van der Waals surface area contributed by atoms with Crippen LogP contribution in [0.4, 0.5) is 5.13 Å². The number of aromatic hydroxyl groups is 1. The molecular formula is C27H20N2O6S. The first-order valence-corrected chi connectivity index (χ1v) is 12.1. The molecule has 36 heavy (non-hydrogen) atoms. The lowest BCUT2D eigenvalue weighted by Gasteiger charge is -2.23. The third kappa shape index (κ3) is 3.31. The SMILES string of the molecule is CCOc1ccc2nc(N3C(=O)c4oc5ccccc5c(=O)c4C3c3ccc(O)c(OC)c3)sc2c1. The average Bonchev–Trinajstić information content (AvgIpc) is 3.43. The minimum Gasteiger partial charge on any atom is -0.504 e. The lowest BCUT2D eigenvalue weighted by atomic mass is 9.98. The number of thiazole rings is 1. The van der Waals surface area contributed by atoms with Gasteiger partial charge in [0.1, 0.15) is 11.3 Å². The molecule has 0 aliphatic carbocycles. The highest BCUT2D eigenvalue weighted by molar-refractivity contribution is 7.22. The van der Waals surface area contributed by atoms with Crippen molar-refractivity contribution in [2.45, 2.75) is 13.0 Å². The molecule has 3 aromatic carbocycles. The Balaban J connectivity index is 1.60. The number of benzene rings is 3. The molecule has 1 aliphatic heterocycles. The quantitative estimate of drug-likeness (QED) is 0.351. The Morgan fingerprint density at radius 2 is 1.94 bits per heavy atom. The molecule has 0 fully saturated rings. The van der Waals surface area contributed by atoms with E-state index in [1.807, 2.05) is 25.1 Å². The molecule has 0 bridgehead atoms. The van der Waals surface area contributed by atoms with Gasteiger partial charge in [0.25, 0.3) is 5.91 Å². The molecular weight excluding hydrogens is 480 g/mol. The van der Waals surface area contributed by atoms with E-state index >= 15 is 0 Å². The second-order valence-electron chi connectivity index (χ2n) is 8.24. The van der Waals surface area contributed by atoms with Gasteiger partial charge in [0, 0.05) is 0 Å². The topological polar surface area (TPSA) is 102 Å². The molecule has 2 aromatic heterocycles. The average molecular weight is 501 g/mol. The molecule has 0 saturated carbocycles. The van der Waals surface area contributed by atoms with Crippen LogP contribution in [0.3, 0.4) is 0 Å². The highest BCUT2D eigenvalue weighted by Gasteiger charge is 2.45. The number of ether oxygens (including phenoxy) is 2. The summed E-state index contributed by atoms with van der Waals surface area (Å²) in [6.07, 6.45) is 0. The third-order valence-corrected chi connectivity index (χ3v) is 7.18. The molecule has 9 heteroatoms. The van der Waals surface area contributed by atoms with Crippen LogP contribution >= 0.6 is 11.3 Å². The number of hydrogen-bond donors (Lipinski definition) is 1. The van der Waals surface area contributed by atoms with E-state index in [1.54, 1.807) is 36.4 Å². The number of hydrogen-bond acceptors (Lipinski definition) is 8. The Kier molecular flexibility index (Phi) is 5.15. The van der Waals surface area contributed by atoms with Crippen molar-refractivity contribution in [2.24, 2.45) is 0 Å². The summed E-state index contributed by atoms with van der Waals surface area (Å²) in [4.78, 5) is 33.7. The Morgan fingerprint density at radius 3 is 2.75 bits per heavy atom. The van der Waals surface area contributed by atoms with Gasteiger partial charge in [-0.1, -0.05) is 29.5 Å². The van der Waals surface area contributed by atoms with Gasteiger partial charge in [-0.25, -0.2) is 4.98 Å². The smallest absolute Gasteiger partial charge is 0.297 e. The number of fused-ring (bicyclic) bond motifs is 3. The summed E-state index contributed by atoms with van der Waals surface area (Å²) < 4.78 is 17.7. The number of aromatic nitrogens is 1. The Bertz CT molecular complexity index is 1720. The third-order valence-electron chi connectivity index (χ3n) is 6.16. The van der Waals surface area contributed by atoms with E-state index in [1.165, 1.54) is 29.4 Å². The molecule has 0 radical (unpaired) electrons. The van der Waals surface area contributed by atoms with Gasteiger partial charge in [0.15, 0.2) is 22.1 Å². The van der Waals surface area contributed by atoms with Crippen molar-refractivity contribution < 1.29 is 23.8 Å². The van der Waals surface area contributed by atoms with Gasteiger partial charge in [0.2, 0.25) is 5.76 Å². The lowest BCUT2D eigenvalue weighted by molar-refractivity contribution is 0.0971. The van der Waals surface area contributed by atoms with Crippen LogP contribution in [0, 0.1) is 0 Å². The molecule has 180 valence electrons. The van der Waals surface area contributed by atoms with Crippen LogP contribution in [0.25, 0.3) is 21.2 Å². The molecule has 6 rings (SSSR count). The Morgan fingerprint density at radius 1 is 1.11 bits per heavy atom. The fraction of sp³-hybridized carbons (Fsp3) is 0.148. The maximum atomic E-state index is 13.8. The molecule has 8 nitrogen and oxygen atoms in total. The largest absolute Gasteiger partial charge is 0.504 e. The number of rotatable bonds is 5. The predicted molar refractivity (Wildman–Crippen MR) is 137 cm³/mol. The number of phenolic OH excluding ortho intramolecular Hbond substituents is 1. The van der Waals surface area contributed by atoms with E-state index < -0.39 is 11.9 Å². The van der Waals surface area contributed by atoms with Crippen molar-refractivity contribution in [1.82, 2.24) is 4.98 Å². The zero-order valence-electron chi connectivity index (χ0n) is 19.3. The van der Waals surface area contributed by atoms with Crippen molar-refractivity contribution >= 4 is 43.6 Å². The fourth-order valence-corrected chi connectivity index (χ4v) is 5.57. The van der Waals surface area contributed by atoms with E-state index in [2.05, 4.69) is 0 Å². The molecule has 1 aliphatic rings. The summed E-state index contributed by atoms with van der Waals surface area (Å²) in [6.45, 7) is 2.44. The standard InChI is InChI=1S/C27H20N2O6S/c1-3-34-15-9-10-17-21(13-15)36-27(28-17)29-23(14-8-11-18(30)20(12-14)33-2)22-24(31)16-6-4-5-7-19(16)35-25(22)26(29)32/h4-13,23,30H,3H2,1-2H3. The molecule has 1 amide bonds. The van der Waals surface area contributed by atoms with Crippen molar-refractivity contribution in [3.05, 3.63) is 87.8 Å². The van der Waals surface area contributed by atoms with E-state index in [0.29, 0.717) is 39.5 Å². The first-order valence-electron chi connectivity index (χ1n) is 11.3. The van der Waals surface area contributed by atoms with Crippen LogP contribution in [0.1, 0.15) is 34.6 Å². The summed E-state index contributed by atoms with van der Waals surface area (Å²) in [5, 5.41) is 11.0. The summed E-state index contributed by atoms with van der Waals surface area (Å²) in [7, 11) is 1.44. The van der Waals surface area contributed by atoms with Crippen LogP contribution in [-0.2, 0) is 0 Å². The monoisotopic (exact) mass is 500 g/mol. The predicted octanol–water partition coefficient (Wildman–Crippen LogP) is 5.27. The maximum absolute atomic E-state index is 13.8. The minimum atomic E-state index is -0.824. The summed E-state index contributed by atoms with van der Waals surface area (Å²) in [5.41, 5.74) is 1.55. The zero-order chi connectivity index (χ0) is 25.0. The number of para-hydroxylation sites is 1. The van der Waals surface area contributed by atoms with Crippen molar-refractivity contribution in [1.29, 1.82) is 0 Å².